The van der Waals surface area contributed by atoms with Gasteiger partial charge in [0.05, 0.1) is 6.10 Å². The fourth-order valence-electron chi connectivity index (χ4n) is 3.17. The van der Waals surface area contributed by atoms with Gasteiger partial charge in [0.1, 0.15) is 0 Å². The Morgan fingerprint density at radius 2 is 1.95 bits per heavy atom. The van der Waals surface area contributed by atoms with E-state index in [-0.39, 0.29) is 24.7 Å². The zero-order chi connectivity index (χ0) is 15.4. The number of benzene rings is 1. The van der Waals surface area contributed by atoms with Gasteiger partial charge in [0.2, 0.25) is 0 Å². The number of urea groups is 1. The van der Waals surface area contributed by atoms with Crippen LogP contribution in [-0.2, 0) is 0 Å². The van der Waals surface area contributed by atoms with Crippen molar-refractivity contribution in [3.8, 4) is 0 Å². The lowest BCUT2D eigenvalue weighted by molar-refractivity contribution is 0.115. The van der Waals surface area contributed by atoms with E-state index in [0.29, 0.717) is 0 Å². The van der Waals surface area contributed by atoms with Gasteiger partial charge >= 0.3 is 6.03 Å². The first kappa shape index (κ1) is 15.8. The molecule has 4 heteroatoms. The minimum Gasteiger partial charge on any atom is -0.387 e. The molecule has 1 aromatic rings. The summed E-state index contributed by atoms with van der Waals surface area (Å²) in [5.74, 6) is 0. The van der Waals surface area contributed by atoms with Gasteiger partial charge < -0.3 is 15.3 Å². The number of aryl methyl sites for hydroxylation is 1. The number of nitrogens with zero attached hydrogens (tertiary/aromatic N) is 1. The summed E-state index contributed by atoms with van der Waals surface area (Å²) in [5, 5.41) is 13.1. The monoisotopic (exact) mass is 290 g/mol. The molecule has 1 aromatic carbocycles. The van der Waals surface area contributed by atoms with Crippen molar-refractivity contribution in [2.24, 2.45) is 0 Å². The van der Waals surface area contributed by atoms with Crippen LogP contribution in [-0.4, -0.2) is 34.7 Å². The van der Waals surface area contributed by atoms with E-state index in [4.69, 9.17) is 0 Å². The lowest BCUT2D eigenvalue weighted by Crippen LogP contribution is -2.52. The van der Waals surface area contributed by atoms with Gasteiger partial charge in [-0.25, -0.2) is 4.79 Å². The van der Waals surface area contributed by atoms with E-state index in [1.54, 1.807) is 0 Å². The van der Waals surface area contributed by atoms with Crippen molar-refractivity contribution in [3.05, 3.63) is 35.4 Å². The van der Waals surface area contributed by atoms with E-state index in [9.17, 15) is 9.90 Å². The zero-order valence-corrected chi connectivity index (χ0v) is 13.2. The van der Waals surface area contributed by atoms with Crippen LogP contribution in [0.4, 0.5) is 4.79 Å². The molecule has 1 aliphatic rings. The number of amides is 2. The molecule has 0 aliphatic carbocycles. The van der Waals surface area contributed by atoms with Crippen LogP contribution in [0, 0.1) is 6.92 Å². The number of aliphatic hydroxyl groups excluding tert-OH is 1. The van der Waals surface area contributed by atoms with Gasteiger partial charge in [-0.2, -0.15) is 0 Å². The molecule has 3 unspecified atom stereocenters. The minimum atomic E-state index is -0.662. The van der Waals surface area contributed by atoms with Crippen LogP contribution >= 0.6 is 0 Å². The predicted molar refractivity (Wildman–Crippen MR) is 84.2 cm³/mol. The molecule has 1 saturated heterocycles. The summed E-state index contributed by atoms with van der Waals surface area (Å²) in [6.07, 6.45) is 2.62. The molecule has 116 valence electrons. The number of carbonyl (C=O) groups excluding carboxylic acids is 1. The number of carbonyl (C=O) groups is 1. The van der Waals surface area contributed by atoms with Crippen LogP contribution in [0.5, 0.6) is 0 Å². The van der Waals surface area contributed by atoms with Gasteiger partial charge in [-0.05, 0) is 51.2 Å². The molecule has 2 amide bonds. The number of rotatable bonds is 3. The molecule has 0 spiro atoms. The molecule has 3 atom stereocenters. The standard InChI is InChI=1S/C17H26N2O2/c1-12-7-4-5-10-15(12)16(20)11-18-17(21)19-13(2)8-6-9-14(19)3/h4-5,7,10,13-14,16,20H,6,8-9,11H2,1-3H3,(H,18,21). The van der Waals surface area contributed by atoms with Gasteiger partial charge in [0.25, 0.3) is 0 Å². The first-order valence-electron chi connectivity index (χ1n) is 7.80. The smallest absolute Gasteiger partial charge is 0.317 e. The summed E-state index contributed by atoms with van der Waals surface area (Å²) < 4.78 is 0. The summed E-state index contributed by atoms with van der Waals surface area (Å²) in [5.41, 5.74) is 1.91. The lowest BCUT2D eigenvalue weighted by atomic mass is 9.98. The van der Waals surface area contributed by atoms with Gasteiger partial charge in [-0.1, -0.05) is 24.3 Å². The summed E-state index contributed by atoms with van der Waals surface area (Å²) in [6, 6.07) is 8.19. The summed E-state index contributed by atoms with van der Waals surface area (Å²) in [7, 11) is 0. The molecular weight excluding hydrogens is 264 g/mol. The minimum absolute atomic E-state index is 0.0673. The third kappa shape index (κ3) is 3.76. The summed E-state index contributed by atoms with van der Waals surface area (Å²) >= 11 is 0. The van der Waals surface area contributed by atoms with Crippen molar-refractivity contribution in [2.75, 3.05) is 6.54 Å². The molecule has 0 saturated carbocycles. The molecule has 4 nitrogen and oxygen atoms in total. The number of hydrogen-bond acceptors (Lipinski definition) is 2. The maximum Gasteiger partial charge on any atom is 0.317 e. The first-order valence-corrected chi connectivity index (χ1v) is 7.80. The lowest BCUT2D eigenvalue weighted by Gasteiger charge is -2.39. The largest absolute Gasteiger partial charge is 0.387 e. The van der Waals surface area contributed by atoms with Crippen molar-refractivity contribution in [3.63, 3.8) is 0 Å². The predicted octanol–water partition coefficient (Wildman–Crippen LogP) is 3.00. The van der Waals surface area contributed by atoms with Crippen molar-refractivity contribution in [1.29, 1.82) is 0 Å². The maximum atomic E-state index is 12.3. The molecule has 1 fully saturated rings. The number of aliphatic hydroxyl groups is 1. The molecule has 0 bridgehead atoms. The molecule has 21 heavy (non-hydrogen) atoms. The van der Waals surface area contributed by atoms with Gasteiger partial charge in [-0.15, -0.1) is 0 Å². The van der Waals surface area contributed by atoms with E-state index in [1.807, 2.05) is 36.1 Å². The molecule has 2 N–H and O–H groups in total. The average Bonchev–Trinajstić information content (AvgIpc) is 2.45. The van der Waals surface area contributed by atoms with E-state index < -0.39 is 6.10 Å². The van der Waals surface area contributed by atoms with Crippen molar-refractivity contribution in [2.45, 2.75) is 58.2 Å². The second kappa shape index (κ2) is 6.94. The summed E-state index contributed by atoms with van der Waals surface area (Å²) in [6.45, 7) is 6.40. The van der Waals surface area contributed by atoms with Gasteiger partial charge in [-0.3, -0.25) is 0 Å². The van der Waals surface area contributed by atoms with Crippen LogP contribution in [0.25, 0.3) is 0 Å². The Balaban J connectivity index is 1.93. The topological polar surface area (TPSA) is 52.6 Å². The fourth-order valence-corrected chi connectivity index (χ4v) is 3.17. The highest BCUT2D eigenvalue weighted by Crippen LogP contribution is 2.22. The van der Waals surface area contributed by atoms with Gasteiger partial charge in [0, 0.05) is 18.6 Å². The fraction of sp³-hybridized carbons (Fsp3) is 0.588. The highest BCUT2D eigenvalue weighted by Gasteiger charge is 2.29. The zero-order valence-electron chi connectivity index (χ0n) is 13.2. The van der Waals surface area contributed by atoms with E-state index in [0.717, 1.165) is 24.0 Å². The molecule has 2 rings (SSSR count). The Kier molecular flexibility index (Phi) is 5.23. The molecule has 0 aromatic heterocycles. The number of piperidine rings is 1. The Hall–Kier alpha value is -1.55. The molecule has 1 heterocycles. The van der Waals surface area contributed by atoms with Crippen molar-refractivity contribution in [1.82, 2.24) is 10.2 Å². The first-order chi connectivity index (χ1) is 10.0. The normalized spacial score (nSPS) is 23.7. The Morgan fingerprint density at radius 3 is 2.57 bits per heavy atom. The van der Waals surface area contributed by atoms with Gasteiger partial charge in [0.15, 0.2) is 0 Å². The second-order valence-corrected chi connectivity index (χ2v) is 6.09. The summed E-state index contributed by atoms with van der Waals surface area (Å²) in [4.78, 5) is 14.3. The number of likely N-dealkylation sites (tertiary alicyclic amines) is 1. The Morgan fingerprint density at radius 1 is 1.33 bits per heavy atom. The third-order valence-corrected chi connectivity index (χ3v) is 4.42. The molecular formula is C17H26N2O2. The molecule has 1 aliphatic heterocycles. The van der Waals surface area contributed by atoms with Crippen molar-refractivity contribution >= 4 is 6.03 Å². The third-order valence-electron chi connectivity index (χ3n) is 4.42. The van der Waals surface area contributed by atoms with Crippen LogP contribution in [0.15, 0.2) is 24.3 Å². The highest BCUT2D eigenvalue weighted by molar-refractivity contribution is 5.75. The molecule has 0 radical (unpaired) electrons. The van der Waals surface area contributed by atoms with E-state index in [2.05, 4.69) is 19.2 Å². The number of hydrogen-bond donors (Lipinski definition) is 2. The number of nitrogens with one attached hydrogen (secondary N) is 1. The van der Waals surface area contributed by atoms with Crippen LogP contribution < -0.4 is 5.32 Å². The van der Waals surface area contributed by atoms with Crippen LogP contribution in [0.1, 0.15) is 50.3 Å². The van der Waals surface area contributed by atoms with Crippen molar-refractivity contribution < 1.29 is 9.90 Å². The highest BCUT2D eigenvalue weighted by atomic mass is 16.3. The second-order valence-electron chi connectivity index (χ2n) is 6.09. The maximum absolute atomic E-state index is 12.3. The van der Waals surface area contributed by atoms with E-state index >= 15 is 0 Å². The van der Waals surface area contributed by atoms with Crippen LogP contribution in [0.2, 0.25) is 0 Å². The Bertz CT molecular complexity index is 479. The Labute approximate surface area is 127 Å². The quantitative estimate of drug-likeness (QED) is 0.899. The SMILES string of the molecule is Cc1ccccc1C(O)CNC(=O)N1C(C)CCCC1C. The average molecular weight is 290 g/mol. The van der Waals surface area contributed by atoms with Crippen LogP contribution in [0.3, 0.4) is 0 Å². The van der Waals surface area contributed by atoms with E-state index in [1.165, 1.54) is 6.42 Å².